The third kappa shape index (κ3) is 6.72. The lowest BCUT2D eigenvalue weighted by Gasteiger charge is -2.05. The quantitative estimate of drug-likeness (QED) is 0.279. The van der Waals surface area contributed by atoms with Gasteiger partial charge in [-0.1, -0.05) is 36.6 Å². The van der Waals surface area contributed by atoms with Crippen molar-refractivity contribution in [1.29, 1.82) is 0 Å². The predicted octanol–water partition coefficient (Wildman–Crippen LogP) is 4.56. The van der Waals surface area contributed by atoms with E-state index in [1.54, 1.807) is 55.6 Å². The summed E-state index contributed by atoms with van der Waals surface area (Å²) in [5.41, 5.74) is 1.73. The van der Waals surface area contributed by atoms with Crippen LogP contribution in [0, 0.1) is 0 Å². The maximum absolute atomic E-state index is 12.6. The lowest BCUT2D eigenvalue weighted by atomic mass is 10.1. The molecule has 9 heteroatoms. The molecule has 2 aromatic carbocycles. The first-order valence-corrected chi connectivity index (χ1v) is 12.4. The van der Waals surface area contributed by atoms with E-state index in [1.165, 1.54) is 7.11 Å². The highest BCUT2D eigenvalue weighted by Gasteiger charge is 2.16. The minimum atomic E-state index is -3.34. The summed E-state index contributed by atoms with van der Waals surface area (Å²) in [5.74, 6) is 0.348. The highest BCUT2D eigenvalue weighted by molar-refractivity contribution is 7.91. The number of esters is 1. The number of unbranched alkanes of at least 4 members (excludes halogenated alkanes) is 4. The van der Waals surface area contributed by atoms with E-state index in [4.69, 9.17) is 9.26 Å². The van der Waals surface area contributed by atoms with Crippen molar-refractivity contribution >= 4 is 15.8 Å². The minimum Gasteiger partial charge on any atom is -0.465 e. The molecule has 8 nitrogen and oxygen atoms in total. The molecule has 1 aromatic heterocycles. The number of aromatic nitrogens is 2. The van der Waals surface area contributed by atoms with Gasteiger partial charge in [-0.05, 0) is 49.2 Å². The fraction of sp³-hybridized carbons (Fsp3) is 0.375. The molecular formula is C24H28N2O6S. The zero-order chi connectivity index (χ0) is 23.7. The summed E-state index contributed by atoms with van der Waals surface area (Å²) in [6, 6.07) is 13.1. The summed E-state index contributed by atoms with van der Waals surface area (Å²) < 4.78 is 40.2. The van der Waals surface area contributed by atoms with Crippen LogP contribution >= 0.6 is 0 Å². The van der Waals surface area contributed by atoms with E-state index in [9.17, 15) is 13.2 Å². The van der Waals surface area contributed by atoms with Crippen LogP contribution in [0.15, 0.2) is 57.9 Å². The summed E-state index contributed by atoms with van der Waals surface area (Å²) in [6.45, 7) is 0.744. The molecular weight excluding hydrogens is 444 g/mol. The summed E-state index contributed by atoms with van der Waals surface area (Å²) in [6.07, 6.45) is 4.57. The van der Waals surface area contributed by atoms with E-state index in [-0.39, 0.29) is 16.5 Å². The SMILES string of the molecule is COCCCCCCCS(=O)(=O)c1ccc(-c2nc(-c3ccc(C(=O)OC)cc3)no2)cc1. The predicted molar refractivity (Wildman–Crippen MR) is 124 cm³/mol. The monoisotopic (exact) mass is 472 g/mol. The Kier molecular flexibility index (Phi) is 8.73. The lowest BCUT2D eigenvalue weighted by molar-refractivity contribution is 0.0600. The Bertz CT molecular complexity index is 1140. The number of methoxy groups -OCH3 is 2. The number of nitrogens with zero attached hydrogens (tertiary/aromatic N) is 2. The lowest BCUT2D eigenvalue weighted by Crippen LogP contribution is -2.06. The van der Waals surface area contributed by atoms with Gasteiger partial charge < -0.3 is 14.0 Å². The number of sulfone groups is 1. The van der Waals surface area contributed by atoms with Crippen LogP contribution < -0.4 is 0 Å². The van der Waals surface area contributed by atoms with Gasteiger partial charge in [-0.15, -0.1) is 0 Å². The Morgan fingerprint density at radius 3 is 2.18 bits per heavy atom. The fourth-order valence-electron chi connectivity index (χ4n) is 3.32. The van der Waals surface area contributed by atoms with E-state index in [0.717, 1.165) is 32.3 Å². The Hall–Kier alpha value is -3.04. The topological polar surface area (TPSA) is 109 Å². The van der Waals surface area contributed by atoms with E-state index in [1.807, 2.05) is 0 Å². The molecule has 0 spiro atoms. The summed E-state index contributed by atoms with van der Waals surface area (Å²) in [5, 5.41) is 3.98. The highest BCUT2D eigenvalue weighted by atomic mass is 32.2. The number of carbonyl (C=O) groups is 1. The van der Waals surface area contributed by atoms with Gasteiger partial charge in [0.1, 0.15) is 0 Å². The molecule has 0 saturated carbocycles. The second kappa shape index (κ2) is 11.7. The van der Waals surface area contributed by atoms with Crippen LogP contribution in [-0.4, -0.2) is 51.1 Å². The third-order valence-corrected chi connectivity index (χ3v) is 7.03. The van der Waals surface area contributed by atoms with E-state index in [0.29, 0.717) is 28.9 Å². The van der Waals surface area contributed by atoms with Gasteiger partial charge in [-0.25, -0.2) is 13.2 Å². The standard InChI is InChI=1S/C24H28N2O6S/c1-30-16-6-4-3-5-7-17-33(28,29)21-14-12-19(13-15-21)23-25-22(26-32-23)18-8-10-20(11-9-18)24(27)31-2/h8-15H,3-7,16-17H2,1-2H3. The van der Waals surface area contributed by atoms with Crippen LogP contribution in [0.3, 0.4) is 0 Å². The van der Waals surface area contributed by atoms with Crippen molar-refractivity contribution in [2.75, 3.05) is 26.6 Å². The first-order chi connectivity index (χ1) is 15.9. The molecule has 0 saturated heterocycles. The molecule has 0 unspecified atom stereocenters. The van der Waals surface area contributed by atoms with E-state index in [2.05, 4.69) is 14.9 Å². The largest absolute Gasteiger partial charge is 0.465 e. The first kappa shape index (κ1) is 24.6. The molecule has 0 N–H and O–H groups in total. The maximum Gasteiger partial charge on any atom is 0.337 e. The molecule has 0 aliphatic carbocycles. The molecule has 176 valence electrons. The van der Waals surface area contributed by atoms with Gasteiger partial charge in [-0.3, -0.25) is 0 Å². The van der Waals surface area contributed by atoms with Crippen molar-refractivity contribution in [1.82, 2.24) is 10.1 Å². The second-order valence-corrected chi connectivity index (χ2v) is 9.71. The summed E-state index contributed by atoms with van der Waals surface area (Å²) >= 11 is 0. The maximum atomic E-state index is 12.6. The molecule has 3 rings (SSSR count). The number of ether oxygens (including phenoxy) is 2. The van der Waals surface area contributed by atoms with E-state index < -0.39 is 15.8 Å². The van der Waals surface area contributed by atoms with Crippen molar-refractivity contribution in [3.05, 3.63) is 54.1 Å². The molecule has 0 radical (unpaired) electrons. The van der Waals surface area contributed by atoms with Crippen LogP contribution in [0.5, 0.6) is 0 Å². The second-order valence-electron chi connectivity index (χ2n) is 7.60. The van der Waals surface area contributed by atoms with Crippen molar-refractivity contribution in [2.24, 2.45) is 0 Å². The van der Waals surface area contributed by atoms with Crippen LogP contribution in [-0.2, 0) is 19.3 Å². The van der Waals surface area contributed by atoms with Gasteiger partial charge in [-0.2, -0.15) is 4.98 Å². The average Bonchev–Trinajstić information content (AvgIpc) is 3.33. The van der Waals surface area contributed by atoms with E-state index >= 15 is 0 Å². The van der Waals surface area contributed by atoms with Gasteiger partial charge in [0.05, 0.1) is 23.3 Å². The minimum absolute atomic E-state index is 0.128. The molecule has 0 aliphatic heterocycles. The van der Waals surface area contributed by atoms with Gasteiger partial charge in [0, 0.05) is 24.8 Å². The molecule has 3 aromatic rings. The Balaban J connectivity index is 1.60. The smallest absolute Gasteiger partial charge is 0.337 e. The number of hydrogen-bond donors (Lipinski definition) is 0. The molecule has 0 aliphatic rings. The van der Waals surface area contributed by atoms with Gasteiger partial charge in [0.2, 0.25) is 5.82 Å². The van der Waals surface area contributed by atoms with Gasteiger partial charge in [0.15, 0.2) is 9.84 Å². The zero-order valence-electron chi connectivity index (χ0n) is 18.8. The van der Waals surface area contributed by atoms with Gasteiger partial charge in [0.25, 0.3) is 5.89 Å². The number of hydrogen-bond acceptors (Lipinski definition) is 8. The van der Waals surface area contributed by atoms with Crippen LogP contribution in [0.25, 0.3) is 22.8 Å². The summed E-state index contributed by atoms with van der Waals surface area (Å²) in [7, 11) is -0.331. The Morgan fingerprint density at radius 1 is 0.879 bits per heavy atom. The molecule has 0 atom stereocenters. The van der Waals surface area contributed by atoms with Crippen molar-refractivity contribution in [2.45, 2.75) is 37.0 Å². The van der Waals surface area contributed by atoms with Gasteiger partial charge >= 0.3 is 5.97 Å². The van der Waals surface area contributed by atoms with Crippen LogP contribution in [0.4, 0.5) is 0 Å². The molecule has 0 amide bonds. The fourth-order valence-corrected chi connectivity index (χ4v) is 4.69. The third-order valence-electron chi connectivity index (χ3n) is 5.21. The van der Waals surface area contributed by atoms with Crippen LogP contribution in [0.1, 0.15) is 42.5 Å². The van der Waals surface area contributed by atoms with Crippen molar-refractivity contribution in [3.63, 3.8) is 0 Å². The van der Waals surface area contributed by atoms with Crippen LogP contribution in [0.2, 0.25) is 0 Å². The highest BCUT2D eigenvalue weighted by Crippen LogP contribution is 2.24. The number of carbonyl (C=O) groups excluding carboxylic acids is 1. The Labute approximate surface area is 193 Å². The molecule has 0 bridgehead atoms. The summed E-state index contributed by atoms with van der Waals surface area (Å²) in [4.78, 5) is 16.2. The van der Waals surface area contributed by atoms with Crippen molar-refractivity contribution in [3.8, 4) is 22.8 Å². The number of rotatable bonds is 12. The number of benzene rings is 2. The zero-order valence-corrected chi connectivity index (χ0v) is 19.6. The van der Waals surface area contributed by atoms with Crippen molar-refractivity contribution < 1.29 is 27.2 Å². The Morgan fingerprint density at radius 2 is 1.52 bits per heavy atom. The first-order valence-electron chi connectivity index (χ1n) is 10.8. The molecule has 0 fully saturated rings. The normalized spacial score (nSPS) is 11.5. The molecule has 1 heterocycles. The molecule has 33 heavy (non-hydrogen) atoms. The average molecular weight is 473 g/mol.